The lowest BCUT2D eigenvalue weighted by Crippen LogP contribution is -2.17. The maximum Gasteiger partial charge on any atom is 0.168 e. The van der Waals surface area contributed by atoms with Gasteiger partial charge in [0.15, 0.2) is 11.6 Å². The SMILES string of the molecule is CC1CC(=O)c2c(Nc3cccc(Cl)c3)n[nH]c2C1. The average molecular weight is 276 g/mol. The highest BCUT2D eigenvalue weighted by molar-refractivity contribution is 6.30. The van der Waals surface area contributed by atoms with Crippen molar-refractivity contribution in [3.05, 3.63) is 40.5 Å². The number of hydrogen-bond acceptors (Lipinski definition) is 3. The summed E-state index contributed by atoms with van der Waals surface area (Å²) in [6.45, 7) is 2.08. The molecule has 19 heavy (non-hydrogen) atoms. The molecular weight excluding hydrogens is 262 g/mol. The second-order valence-electron chi connectivity index (χ2n) is 5.00. The third-order valence-corrected chi connectivity index (χ3v) is 3.53. The van der Waals surface area contributed by atoms with E-state index in [9.17, 15) is 4.79 Å². The molecule has 1 unspecified atom stereocenters. The predicted octanol–water partition coefficient (Wildman–Crippen LogP) is 3.57. The third-order valence-electron chi connectivity index (χ3n) is 3.29. The standard InChI is InChI=1S/C14H14ClN3O/c1-8-5-11-13(12(19)6-8)14(18-17-11)16-10-4-2-3-9(15)7-10/h2-4,7-8H,5-6H2,1H3,(H2,16,17,18). The Morgan fingerprint density at radius 3 is 3.05 bits per heavy atom. The van der Waals surface area contributed by atoms with Crippen LogP contribution in [-0.4, -0.2) is 16.0 Å². The molecule has 1 aromatic heterocycles. The predicted molar refractivity (Wildman–Crippen MR) is 75.1 cm³/mol. The number of hydrogen-bond donors (Lipinski definition) is 2. The summed E-state index contributed by atoms with van der Waals surface area (Å²) in [6.07, 6.45) is 1.45. The molecule has 1 atom stereocenters. The van der Waals surface area contributed by atoms with Crippen LogP contribution in [0.4, 0.5) is 11.5 Å². The van der Waals surface area contributed by atoms with Gasteiger partial charge in [0, 0.05) is 22.8 Å². The van der Waals surface area contributed by atoms with E-state index in [-0.39, 0.29) is 5.78 Å². The van der Waals surface area contributed by atoms with E-state index < -0.39 is 0 Å². The molecular formula is C14H14ClN3O. The number of aromatic amines is 1. The van der Waals surface area contributed by atoms with Crippen LogP contribution >= 0.6 is 11.6 Å². The molecule has 0 bridgehead atoms. The van der Waals surface area contributed by atoms with Crippen LogP contribution < -0.4 is 5.32 Å². The smallest absolute Gasteiger partial charge is 0.168 e. The molecule has 0 fully saturated rings. The van der Waals surface area contributed by atoms with E-state index in [0.717, 1.165) is 17.8 Å². The van der Waals surface area contributed by atoms with Crippen LogP contribution in [0.2, 0.25) is 5.02 Å². The third kappa shape index (κ3) is 2.36. The minimum absolute atomic E-state index is 0.145. The number of rotatable bonds is 2. The van der Waals surface area contributed by atoms with Gasteiger partial charge < -0.3 is 5.32 Å². The largest absolute Gasteiger partial charge is 0.338 e. The number of nitrogens with zero attached hydrogens (tertiary/aromatic N) is 1. The van der Waals surface area contributed by atoms with Gasteiger partial charge in [-0.1, -0.05) is 24.6 Å². The highest BCUT2D eigenvalue weighted by Gasteiger charge is 2.27. The van der Waals surface area contributed by atoms with Crippen molar-refractivity contribution in [3.63, 3.8) is 0 Å². The second-order valence-corrected chi connectivity index (χ2v) is 5.43. The Bertz CT molecular complexity index is 635. The molecule has 1 aromatic carbocycles. The van der Waals surface area contributed by atoms with Crippen molar-refractivity contribution in [2.24, 2.45) is 5.92 Å². The second kappa shape index (κ2) is 4.70. The summed E-state index contributed by atoms with van der Waals surface area (Å²) in [4.78, 5) is 12.1. The van der Waals surface area contributed by atoms with E-state index in [1.54, 1.807) is 12.1 Å². The van der Waals surface area contributed by atoms with E-state index in [1.165, 1.54) is 0 Å². The van der Waals surface area contributed by atoms with E-state index >= 15 is 0 Å². The van der Waals surface area contributed by atoms with E-state index in [0.29, 0.717) is 28.7 Å². The Morgan fingerprint density at radius 2 is 2.26 bits per heavy atom. The zero-order valence-corrected chi connectivity index (χ0v) is 11.3. The molecule has 2 N–H and O–H groups in total. The van der Waals surface area contributed by atoms with Crippen LogP contribution in [0.25, 0.3) is 0 Å². The molecule has 5 heteroatoms. The quantitative estimate of drug-likeness (QED) is 0.881. The van der Waals surface area contributed by atoms with Crippen LogP contribution in [0.5, 0.6) is 0 Å². The molecule has 1 aliphatic rings. The number of anilines is 2. The monoisotopic (exact) mass is 275 g/mol. The van der Waals surface area contributed by atoms with Gasteiger partial charge in [-0.15, -0.1) is 0 Å². The van der Waals surface area contributed by atoms with E-state index in [4.69, 9.17) is 11.6 Å². The van der Waals surface area contributed by atoms with E-state index in [2.05, 4.69) is 22.4 Å². The Labute approximate surface area is 116 Å². The van der Waals surface area contributed by atoms with Crippen LogP contribution in [0.15, 0.2) is 24.3 Å². The fourth-order valence-electron chi connectivity index (χ4n) is 2.46. The zero-order valence-electron chi connectivity index (χ0n) is 10.5. The molecule has 0 amide bonds. The van der Waals surface area contributed by atoms with Crippen molar-refractivity contribution in [1.82, 2.24) is 10.2 Å². The summed E-state index contributed by atoms with van der Waals surface area (Å²) in [5.41, 5.74) is 2.44. The summed E-state index contributed by atoms with van der Waals surface area (Å²) in [7, 11) is 0. The first-order chi connectivity index (χ1) is 9.13. The lowest BCUT2D eigenvalue weighted by Gasteiger charge is -2.17. The van der Waals surface area contributed by atoms with Gasteiger partial charge in [0.25, 0.3) is 0 Å². The summed E-state index contributed by atoms with van der Waals surface area (Å²) >= 11 is 5.94. The number of Topliss-reactive ketones (excluding diaryl/α,β-unsaturated/α-hetero) is 1. The fraction of sp³-hybridized carbons (Fsp3) is 0.286. The number of halogens is 1. The van der Waals surface area contributed by atoms with Gasteiger partial charge in [-0.2, -0.15) is 5.10 Å². The molecule has 0 saturated heterocycles. The Morgan fingerprint density at radius 1 is 1.42 bits per heavy atom. The lowest BCUT2D eigenvalue weighted by atomic mass is 9.88. The maximum atomic E-state index is 12.1. The number of H-pyrrole nitrogens is 1. The molecule has 0 spiro atoms. The highest BCUT2D eigenvalue weighted by Crippen LogP contribution is 2.30. The van der Waals surface area contributed by atoms with Crippen LogP contribution in [-0.2, 0) is 6.42 Å². The van der Waals surface area contributed by atoms with Crippen LogP contribution in [0.1, 0.15) is 29.4 Å². The van der Waals surface area contributed by atoms with Crippen LogP contribution in [0.3, 0.4) is 0 Å². The Hall–Kier alpha value is -1.81. The molecule has 4 nitrogen and oxygen atoms in total. The van der Waals surface area contributed by atoms with Gasteiger partial charge >= 0.3 is 0 Å². The Balaban J connectivity index is 1.93. The lowest BCUT2D eigenvalue weighted by molar-refractivity contribution is 0.0954. The summed E-state index contributed by atoms with van der Waals surface area (Å²) < 4.78 is 0. The molecule has 1 aliphatic carbocycles. The summed E-state index contributed by atoms with van der Waals surface area (Å²) in [5.74, 6) is 1.11. The number of aromatic nitrogens is 2. The first kappa shape index (κ1) is 12.2. The molecule has 0 aliphatic heterocycles. The molecule has 2 aromatic rings. The van der Waals surface area contributed by atoms with Crippen LogP contribution in [0, 0.1) is 5.92 Å². The van der Waals surface area contributed by atoms with Gasteiger partial charge in [0.05, 0.1) is 5.56 Å². The maximum absolute atomic E-state index is 12.1. The molecule has 1 heterocycles. The molecule has 0 saturated carbocycles. The van der Waals surface area contributed by atoms with Crippen molar-refractivity contribution >= 4 is 28.9 Å². The van der Waals surface area contributed by atoms with Crippen molar-refractivity contribution in [2.75, 3.05) is 5.32 Å². The average Bonchev–Trinajstić information content (AvgIpc) is 2.72. The zero-order chi connectivity index (χ0) is 13.4. The van der Waals surface area contributed by atoms with E-state index in [1.807, 2.05) is 12.1 Å². The van der Waals surface area contributed by atoms with Gasteiger partial charge in [-0.05, 0) is 30.5 Å². The Kier molecular flexibility index (Phi) is 3.03. The number of fused-ring (bicyclic) bond motifs is 1. The number of carbonyl (C=O) groups excluding carboxylic acids is 1. The molecule has 3 rings (SSSR count). The number of ketones is 1. The topological polar surface area (TPSA) is 57.8 Å². The van der Waals surface area contributed by atoms with Crippen molar-refractivity contribution in [3.8, 4) is 0 Å². The van der Waals surface area contributed by atoms with Gasteiger partial charge in [0.2, 0.25) is 0 Å². The van der Waals surface area contributed by atoms with Gasteiger partial charge in [-0.25, -0.2) is 0 Å². The van der Waals surface area contributed by atoms with Crippen molar-refractivity contribution < 1.29 is 4.79 Å². The minimum atomic E-state index is 0.145. The number of benzene rings is 1. The number of carbonyl (C=O) groups is 1. The fourth-order valence-corrected chi connectivity index (χ4v) is 2.65. The highest BCUT2D eigenvalue weighted by atomic mass is 35.5. The minimum Gasteiger partial charge on any atom is -0.338 e. The molecule has 0 radical (unpaired) electrons. The molecule has 98 valence electrons. The van der Waals surface area contributed by atoms with Gasteiger partial charge in [0.1, 0.15) is 0 Å². The first-order valence-corrected chi connectivity index (χ1v) is 6.64. The first-order valence-electron chi connectivity index (χ1n) is 6.26. The van der Waals surface area contributed by atoms with Gasteiger partial charge in [-0.3, -0.25) is 9.89 Å². The summed E-state index contributed by atoms with van der Waals surface area (Å²) in [5, 5.41) is 11.0. The van der Waals surface area contributed by atoms with Crippen molar-refractivity contribution in [2.45, 2.75) is 19.8 Å². The normalized spacial score (nSPS) is 18.2. The summed E-state index contributed by atoms with van der Waals surface area (Å²) in [6, 6.07) is 7.36. The van der Waals surface area contributed by atoms with Crippen molar-refractivity contribution in [1.29, 1.82) is 0 Å². The number of nitrogens with one attached hydrogen (secondary N) is 2.